The number of aromatic nitrogens is 2. The fourth-order valence-electron chi connectivity index (χ4n) is 1.67. The molecule has 0 atom stereocenters. The van der Waals surface area contributed by atoms with Crippen LogP contribution in [-0.2, 0) is 6.54 Å². The number of quaternary nitrogens is 1. The van der Waals surface area contributed by atoms with E-state index in [4.69, 9.17) is 11.6 Å². The summed E-state index contributed by atoms with van der Waals surface area (Å²) in [5, 5.41) is 0.668. The van der Waals surface area contributed by atoms with E-state index in [0.717, 1.165) is 22.1 Å². The fraction of sp³-hybridized carbons (Fsp3) is 0.364. The van der Waals surface area contributed by atoms with Crippen molar-refractivity contribution in [2.24, 2.45) is 0 Å². The van der Waals surface area contributed by atoms with Crippen LogP contribution in [0, 0.1) is 0 Å². The molecule has 2 aromatic heterocycles. The van der Waals surface area contributed by atoms with Gasteiger partial charge < -0.3 is 33.4 Å². The van der Waals surface area contributed by atoms with Crippen LogP contribution < -0.4 is 24.0 Å². The van der Waals surface area contributed by atoms with E-state index in [1.54, 1.807) is 6.20 Å². The summed E-state index contributed by atoms with van der Waals surface area (Å²) in [5.74, 6) is 0. The van der Waals surface area contributed by atoms with E-state index in [9.17, 15) is 0 Å². The molecular formula is C11H15ClIN3. The van der Waals surface area contributed by atoms with Gasteiger partial charge in [-0.1, -0.05) is 11.6 Å². The third-order valence-electron chi connectivity index (χ3n) is 2.21. The molecule has 0 aliphatic carbocycles. The van der Waals surface area contributed by atoms with Gasteiger partial charge in [0, 0.05) is 12.4 Å². The molecule has 3 nitrogen and oxygen atoms in total. The fourth-order valence-corrected chi connectivity index (χ4v) is 1.83. The van der Waals surface area contributed by atoms with Gasteiger partial charge in [0.15, 0.2) is 0 Å². The van der Waals surface area contributed by atoms with Crippen LogP contribution in [0.4, 0.5) is 0 Å². The van der Waals surface area contributed by atoms with Gasteiger partial charge in [-0.15, -0.1) is 0 Å². The first-order chi connectivity index (χ1) is 6.96. The van der Waals surface area contributed by atoms with Crippen molar-refractivity contribution in [2.75, 3.05) is 21.1 Å². The van der Waals surface area contributed by atoms with E-state index in [-0.39, 0.29) is 24.0 Å². The minimum atomic E-state index is 0. The van der Waals surface area contributed by atoms with Crippen LogP contribution in [0.25, 0.3) is 11.0 Å². The average molecular weight is 352 g/mol. The van der Waals surface area contributed by atoms with E-state index in [1.807, 2.05) is 12.3 Å². The molecule has 0 unspecified atom stereocenters. The van der Waals surface area contributed by atoms with Gasteiger partial charge in [0.05, 0.1) is 42.8 Å². The summed E-state index contributed by atoms with van der Waals surface area (Å²) >= 11 is 5.87. The second kappa shape index (κ2) is 4.89. The second-order valence-electron chi connectivity index (χ2n) is 4.81. The van der Waals surface area contributed by atoms with E-state index in [2.05, 4.69) is 31.1 Å². The summed E-state index contributed by atoms with van der Waals surface area (Å²) in [7, 11) is 6.48. The molecule has 0 fully saturated rings. The Kier molecular flexibility index (Phi) is 4.20. The van der Waals surface area contributed by atoms with Crippen LogP contribution in [0.15, 0.2) is 18.5 Å². The van der Waals surface area contributed by atoms with Crippen molar-refractivity contribution in [3.63, 3.8) is 0 Å². The molecule has 16 heavy (non-hydrogen) atoms. The number of halogens is 2. The van der Waals surface area contributed by atoms with Gasteiger partial charge in [0.1, 0.15) is 6.54 Å². The highest BCUT2D eigenvalue weighted by Gasteiger charge is 2.13. The number of fused-ring (bicyclic) bond motifs is 1. The Bertz CT molecular complexity index is 487. The lowest BCUT2D eigenvalue weighted by Crippen LogP contribution is -3.00. The lowest BCUT2D eigenvalue weighted by Gasteiger charge is -2.23. The Balaban J connectivity index is 0.00000128. The summed E-state index contributed by atoms with van der Waals surface area (Å²) in [6, 6.07) is 1.91. The predicted molar refractivity (Wildman–Crippen MR) is 62.8 cm³/mol. The van der Waals surface area contributed by atoms with Crippen LogP contribution in [-0.4, -0.2) is 35.6 Å². The molecule has 0 bridgehead atoms. The minimum absolute atomic E-state index is 0. The molecule has 2 rings (SSSR count). The molecule has 2 heterocycles. The van der Waals surface area contributed by atoms with E-state index in [1.165, 1.54) is 5.56 Å². The maximum atomic E-state index is 5.87. The zero-order valence-corrected chi connectivity index (χ0v) is 12.5. The van der Waals surface area contributed by atoms with Crippen molar-refractivity contribution in [3.8, 4) is 0 Å². The van der Waals surface area contributed by atoms with Crippen LogP contribution in [0.1, 0.15) is 5.56 Å². The van der Waals surface area contributed by atoms with E-state index in [0.29, 0.717) is 5.02 Å². The summed E-state index contributed by atoms with van der Waals surface area (Å²) in [6.07, 6.45) is 3.70. The monoisotopic (exact) mass is 351 g/mol. The maximum absolute atomic E-state index is 5.87. The number of pyridine rings is 1. The van der Waals surface area contributed by atoms with Crippen molar-refractivity contribution in [2.45, 2.75) is 6.54 Å². The Morgan fingerprint density at radius 3 is 2.69 bits per heavy atom. The Morgan fingerprint density at radius 2 is 2.06 bits per heavy atom. The molecule has 0 aromatic carbocycles. The first kappa shape index (κ1) is 13.7. The van der Waals surface area contributed by atoms with Crippen LogP contribution in [0.5, 0.6) is 0 Å². The molecule has 2 aromatic rings. The Labute approximate surface area is 117 Å². The van der Waals surface area contributed by atoms with Crippen molar-refractivity contribution in [3.05, 3.63) is 29.0 Å². The standard InChI is InChI=1S/C11H15ClN3.HI/c1-15(2,3)7-8-5-13-10-4-9(12)6-14-11(8)10;/h4-6,13H,7H2,1-3H3;1H/q+1;/p-1. The van der Waals surface area contributed by atoms with Gasteiger partial charge in [-0.05, 0) is 6.07 Å². The van der Waals surface area contributed by atoms with Crippen molar-refractivity contribution < 1.29 is 28.5 Å². The van der Waals surface area contributed by atoms with Gasteiger partial charge in [-0.3, -0.25) is 4.98 Å². The highest BCUT2D eigenvalue weighted by molar-refractivity contribution is 6.31. The molecule has 5 heteroatoms. The normalized spacial score (nSPS) is 11.5. The topological polar surface area (TPSA) is 28.7 Å². The van der Waals surface area contributed by atoms with Gasteiger partial charge in [0.2, 0.25) is 0 Å². The Morgan fingerprint density at radius 1 is 1.38 bits per heavy atom. The smallest absolute Gasteiger partial charge is 0.107 e. The maximum Gasteiger partial charge on any atom is 0.107 e. The molecule has 0 saturated heterocycles. The number of rotatable bonds is 2. The van der Waals surface area contributed by atoms with Crippen LogP contribution in [0.3, 0.4) is 0 Å². The van der Waals surface area contributed by atoms with Gasteiger partial charge in [-0.25, -0.2) is 0 Å². The molecule has 0 aliphatic rings. The molecular weight excluding hydrogens is 336 g/mol. The molecule has 0 aliphatic heterocycles. The molecule has 88 valence electrons. The lowest BCUT2D eigenvalue weighted by molar-refractivity contribution is -0.883. The molecule has 0 radical (unpaired) electrons. The summed E-state index contributed by atoms with van der Waals surface area (Å²) < 4.78 is 0.886. The highest BCUT2D eigenvalue weighted by atomic mass is 127. The SMILES string of the molecule is C[N+](C)(C)Cc1c[nH]c2cc(Cl)cnc12.[I-]. The number of nitrogens with one attached hydrogen (secondary N) is 1. The second-order valence-corrected chi connectivity index (χ2v) is 5.25. The highest BCUT2D eigenvalue weighted by Crippen LogP contribution is 2.20. The van der Waals surface area contributed by atoms with E-state index >= 15 is 0 Å². The van der Waals surface area contributed by atoms with Crippen molar-refractivity contribution in [1.82, 2.24) is 9.97 Å². The zero-order valence-electron chi connectivity index (χ0n) is 9.59. The minimum Gasteiger partial charge on any atom is -1.00 e. The van der Waals surface area contributed by atoms with Crippen LogP contribution >= 0.6 is 11.6 Å². The quantitative estimate of drug-likeness (QED) is 0.570. The third kappa shape index (κ3) is 3.09. The largest absolute Gasteiger partial charge is 1.00 e. The summed E-state index contributed by atoms with van der Waals surface area (Å²) in [5.41, 5.74) is 3.26. The van der Waals surface area contributed by atoms with Gasteiger partial charge in [0.25, 0.3) is 0 Å². The number of aromatic amines is 1. The number of hydrogen-bond acceptors (Lipinski definition) is 1. The number of nitrogens with zero attached hydrogens (tertiary/aromatic N) is 2. The van der Waals surface area contributed by atoms with E-state index < -0.39 is 0 Å². The average Bonchev–Trinajstić information content (AvgIpc) is 2.45. The summed E-state index contributed by atoms with van der Waals surface area (Å²) in [4.78, 5) is 7.55. The first-order valence-electron chi connectivity index (χ1n) is 4.88. The first-order valence-corrected chi connectivity index (χ1v) is 5.25. The molecule has 0 amide bonds. The third-order valence-corrected chi connectivity index (χ3v) is 2.41. The molecule has 0 spiro atoms. The molecule has 0 saturated carbocycles. The van der Waals surface area contributed by atoms with Crippen molar-refractivity contribution in [1.29, 1.82) is 0 Å². The van der Waals surface area contributed by atoms with Crippen LogP contribution in [0.2, 0.25) is 5.02 Å². The summed E-state index contributed by atoms with van der Waals surface area (Å²) in [6.45, 7) is 0.953. The predicted octanol–water partition coefficient (Wildman–Crippen LogP) is -0.573. The molecule has 1 N–H and O–H groups in total. The lowest BCUT2D eigenvalue weighted by atomic mass is 10.2. The number of hydrogen-bond donors (Lipinski definition) is 1. The van der Waals surface area contributed by atoms with Crippen molar-refractivity contribution >= 4 is 22.6 Å². The Hall–Kier alpha value is -0.330. The number of H-pyrrole nitrogens is 1. The van der Waals surface area contributed by atoms with Gasteiger partial charge >= 0.3 is 0 Å². The zero-order chi connectivity index (χ0) is 11.1. The van der Waals surface area contributed by atoms with Gasteiger partial charge in [-0.2, -0.15) is 0 Å².